The number of rotatable bonds is 0. The topological polar surface area (TPSA) is 40.5 Å². The zero-order chi connectivity index (χ0) is 22.3. The second-order valence-electron chi connectivity index (χ2n) is 5.78. The molecular weight excluding hydrogens is 424 g/mol. The van der Waals surface area contributed by atoms with E-state index in [2.05, 4.69) is 0 Å². The fourth-order valence-electron chi connectivity index (χ4n) is 2.52. The molecule has 0 amide bonds. The zero-order valence-electron chi connectivity index (χ0n) is 14.2. The summed E-state index contributed by atoms with van der Waals surface area (Å²) in [6.07, 6.45) is 0. The summed E-state index contributed by atoms with van der Waals surface area (Å²) in [5.41, 5.74) is 0. The van der Waals surface area contributed by atoms with E-state index in [1.807, 2.05) is 12.1 Å². The standard InChI is InChI=1S/2C10H3F4O/c2*11-7-5-2-1-4(15)3-6(5)8(12)10(14)9(7)13/h2*1-2,15H. The van der Waals surface area contributed by atoms with Crippen LogP contribution >= 0.6 is 0 Å². The lowest BCUT2D eigenvalue weighted by Gasteiger charge is -2.04. The van der Waals surface area contributed by atoms with Crippen molar-refractivity contribution in [2.45, 2.75) is 0 Å². The summed E-state index contributed by atoms with van der Waals surface area (Å²) in [6.45, 7) is 0. The molecule has 0 aliphatic rings. The number of halogens is 8. The van der Waals surface area contributed by atoms with Crippen molar-refractivity contribution in [3.8, 4) is 11.5 Å². The second kappa shape index (κ2) is 7.69. The Bertz CT molecular complexity index is 1200. The van der Waals surface area contributed by atoms with Crippen LogP contribution < -0.4 is 0 Å². The third-order valence-corrected chi connectivity index (χ3v) is 3.93. The first-order valence-corrected chi connectivity index (χ1v) is 7.78. The lowest BCUT2D eigenvalue weighted by atomic mass is 10.1. The van der Waals surface area contributed by atoms with Crippen molar-refractivity contribution in [2.24, 2.45) is 0 Å². The van der Waals surface area contributed by atoms with E-state index < -0.39 is 79.6 Å². The summed E-state index contributed by atoms with van der Waals surface area (Å²) in [7, 11) is 0. The number of aromatic hydroxyl groups is 2. The molecule has 4 aromatic rings. The van der Waals surface area contributed by atoms with Gasteiger partial charge in [0.15, 0.2) is 46.5 Å². The summed E-state index contributed by atoms with van der Waals surface area (Å²) in [6, 6.07) is 7.90. The number of phenols is 2. The molecule has 0 heterocycles. The van der Waals surface area contributed by atoms with Gasteiger partial charge in [0.05, 0.1) is 0 Å². The second-order valence-corrected chi connectivity index (χ2v) is 5.78. The summed E-state index contributed by atoms with van der Waals surface area (Å²) in [5, 5.41) is 15.7. The van der Waals surface area contributed by atoms with Gasteiger partial charge >= 0.3 is 0 Å². The van der Waals surface area contributed by atoms with Crippen LogP contribution in [0.5, 0.6) is 11.5 Å². The Hall–Kier alpha value is -3.56. The normalized spacial score (nSPS) is 10.9. The molecule has 0 bridgehead atoms. The molecule has 2 nitrogen and oxygen atoms in total. The highest BCUT2D eigenvalue weighted by molar-refractivity contribution is 5.85. The number of phenolic OH excluding ortho intramolecular Hbond substituents is 2. The highest BCUT2D eigenvalue weighted by Gasteiger charge is 2.21. The summed E-state index contributed by atoms with van der Waals surface area (Å²) in [5.74, 6) is -14.7. The summed E-state index contributed by atoms with van der Waals surface area (Å²) in [4.78, 5) is 0. The average molecular weight is 430 g/mol. The average Bonchev–Trinajstić information content (AvgIpc) is 2.73. The van der Waals surface area contributed by atoms with Crippen molar-refractivity contribution in [2.75, 3.05) is 0 Å². The fraction of sp³-hybridized carbons (Fsp3) is 0. The van der Waals surface area contributed by atoms with Crippen LogP contribution in [0, 0.1) is 58.7 Å². The monoisotopic (exact) mass is 430 g/mol. The van der Waals surface area contributed by atoms with Gasteiger partial charge in [0.25, 0.3) is 0 Å². The molecule has 2 N–H and O–H groups in total. The first kappa shape index (κ1) is 21.2. The van der Waals surface area contributed by atoms with Crippen molar-refractivity contribution in [1.82, 2.24) is 0 Å². The minimum Gasteiger partial charge on any atom is -0.507 e. The predicted octanol–water partition coefficient (Wildman–Crippen LogP) is 5.80. The van der Waals surface area contributed by atoms with Gasteiger partial charge in [-0.25, -0.2) is 35.1 Å². The molecule has 10 heteroatoms. The lowest BCUT2D eigenvalue weighted by Crippen LogP contribution is -1.97. The molecular formula is C20H6F8O2. The maximum atomic E-state index is 13.1. The Labute approximate surface area is 162 Å². The van der Waals surface area contributed by atoms with Gasteiger partial charge in [-0.1, -0.05) is 0 Å². The van der Waals surface area contributed by atoms with Gasteiger partial charge in [-0.15, -0.1) is 0 Å². The van der Waals surface area contributed by atoms with Crippen molar-refractivity contribution < 1.29 is 45.3 Å². The molecule has 2 radical (unpaired) electrons. The van der Waals surface area contributed by atoms with Crippen molar-refractivity contribution in [3.63, 3.8) is 0 Å². The third kappa shape index (κ3) is 3.44. The molecule has 0 saturated carbocycles. The highest BCUT2D eigenvalue weighted by Crippen LogP contribution is 2.29. The maximum absolute atomic E-state index is 13.1. The van der Waals surface area contributed by atoms with Crippen LogP contribution in [-0.4, -0.2) is 10.2 Å². The fourth-order valence-corrected chi connectivity index (χ4v) is 2.52. The van der Waals surface area contributed by atoms with Gasteiger partial charge in [0.1, 0.15) is 11.5 Å². The van der Waals surface area contributed by atoms with Gasteiger partial charge in [0.2, 0.25) is 0 Å². The smallest absolute Gasteiger partial charge is 0.198 e. The number of hydrogen-bond acceptors (Lipinski definition) is 2. The minimum absolute atomic E-state index is 0.468. The molecule has 0 aliphatic heterocycles. The number of benzene rings is 4. The zero-order valence-corrected chi connectivity index (χ0v) is 14.2. The Morgan fingerprint density at radius 3 is 1.07 bits per heavy atom. The van der Waals surface area contributed by atoms with Crippen LogP contribution in [0.1, 0.15) is 0 Å². The van der Waals surface area contributed by atoms with E-state index >= 15 is 0 Å². The molecule has 0 saturated heterocycles. The van der Waals surface area contributed by atoms with Crippen LogP contribution in [0.15, 0.2) is 24.3 Å². The van der Waals surface area contributed by atoms with E-state index in [0.29, 0.717) is 0 Å². The van der Waals surface area contributed by atoms with E-state index in [9.17, 15) is 35.1 Å². The van der Waals surface area contributed by atoms with Crippen LogP contribution in [0.2, 0.25) is 0 Å². The van der Waals surface area contributed by atoms with Crippen molar-refractivity contribution in [1.29, 1.82) is 0 Å². The molecule has 0 unspecified atom stereocenters. The SMILES string of the molecule is Oc1[c]c2c(F)c(F)c(F)c(F)c2cc1.Oc1[c]c2c(F)c(F)c(F)c(F)c2cc1. The molecule has 0 spiro atoms. The Morgan fingerprint density at radius 1 is 0.433 bits per heavy atom. The van der Waals surface area contributed by atoms with Gasteiger partial charge in [-0.2, -0.15) is 0 Å². The molecule has 4 rings (SSSR count). The largest absolute Gasteiger partial charge is 0.507 e. The van der Waals surface area contributed by atoms with Crippen LogP contribution in [0.4, 0.5) is 35.1 Å². The number of fused-ring (bicyclic) bond motifs is 2. The van der Waals surface area contributed by atoms with E-state index in [4.69, 9.17) is 10.2 Å². The van der Waals surface area contributed by atoms with Gasteiger partial charge in [-0.3, -0.25) is 0 Å². The van der Waals surface area contributed by atoms with Crippen LogP contribution in [-0.2, 0) is 0 Å². The first-order valence-electron chi connectivity index (χ1n) is 7.78. The number of hydrogen-bond donors (Lipinski definition) is 2. The van der Waals surface area contributed by atoms with Crippen molar-refractivity contribution in [3.05, 3.63) is 82.9 Å². The van der Waals surface area contributed by atoms with Gasteiger partial charge in [-0.05, 0) is 24.3 Å². The third-order valence-electron chi connectivity index (χ3n) is 3.93. The maximum Gasteiger partial charge on any atom is 0.198 e. The molecule has 154 valence electrons. The Morgan fingerprint density at radius 2 is 0.733 bits per heavy atom. The Kier molecular flexibility index (Phi) is 5.43. The predicted molar refractivity (Wildman–Crippen MR) is 88.6 cm³/mol. The van der Waals surface area contributed by atoms with E-state index in [1.165, 1.54) is 0 Å². The Balaban J connectivity index is 0.000000171. The van der Waals surface area contributed by atoms with Crippen LogP contribution in [0.3, 0.4) is 0 Å². The van der Waals surface area contributed by atoms with E-state index in [0.717, 1.165) is 24.3 Å². The first-order chi connectivity index (χ1) is 14.0. The minimum atomic E-state index is -1.91. The summed E-state index contributed by atoms with van der Waals surface area (Å²) < 4.78 is 103. The molecule has 0 atom stereocenters. The molecule has 0 aromatic heterocycles. The van der Waals surface area contributed by atoms with Crippen LogP contribution in [0.25, 0.3) is 21.5 Å². The lowest BCUT2D eigenvalue weighted by molar-refractivity contribution is 0.417. The van der Waals surface area contributed by atoms with Gasteiger partial charge < -0.3 is 10.2 Å². The van der Waals surface area contributed by atoms with Crippen molar-refractivity contribution >= 4 is 21.5 Å². The molecule has 0 fully saturated rings. The quantitative estimate of drug-likeness (QED) is 0.210. The summed E-state index contributed by atoms with van der Waals surface area (Å²) >= 11 is 0. The molecule has 30 heavy (non-hydrogen) atoms. The van der Waals surface area contributed by atoms with Gasteiger partial charge in [0, 0.05) is 33.7 Å². The van der Waals surface area contributed by atoms with E-state index in [1.54, 1.807) is 0 Å². The molecule has 4 aromatic carbocycles. The van der Waals surface area contributed by atoms with E-state index in [-0.39, 0.29) is 0 Å². The highest BCUT2D eigenvalue weighted by atomic mass is 19.2. The molecule has 0 aliphatic carbocycles.